The zero-order valence-electron chi connectivity index (χ0n) is 13.6. The van der Waals surface area contributed by atoms with Gasteiger partial charge in [-0.3, -0.25) is 4.79 Å². The fraction of sp³-hybridized carbons (Fsp3) is 0.588. The number of ether oxygens (including phenoxy) is 1. The summed E-state index contributed by atoms with van der Waals surface area (Å²) in [7, 11) is 0. The van der Waals surface area contributed by atoms with Crippen LogP contribution in [0.4, 0.5) is 4.39 Å². The normalized spacial score (nSPS) is 17.7. The second-order valence-corrected chi connectivity index (χ2v) is 5.62. The van der Waals surface area contributed by atoms with E-state index < -0.39 is 0 Å². The average Bonchev–Trinajstić information content (AvgIpc) is 2.54. The number of nitrogens with one attached hydrogen (secondary N) is 1. The second-order valence-electron chi connectivity index (χ2n) is 5.62. The lowest BCUT2D eigenvalue weighted by atomic mass is 10.0. The quantitative estimate of drug-likeness (QED) is 0.773. The monoisotopic (exact) mass is 344 g/mol. The van der Waals surface area contributed by atoms with Crippen molar-refractivity contribution in [3.63, 3.8) is 0 Å². The Morgan fingerprint density at radius 1 is 1.43 bits per heavy atom. The largest absolute Gasteiger partial charge is 0.372 e. The Morgan fingerprint density at radius 2 is 2.26 bits per heavy atom. The van der Waals surface area contributed by atoms with Gasteiger partial charge in [0.2, 0.25) is 5.91 Å². The third-order valence-electron chi connectivity index (χ3n) is 3.91. The number of piperazine rings is 1. The van der Waals surface area contributed by atoms with Crippen LogP contribution < -0.4 is 5.32 Å². The van der Waals surface area contributed by atoms with Gasteiger partial charge in [-0.2, -0.15) is 0 Å². The minimum absolute atomic E-state index is 0. The fourth-order valence-electron chi connectivity index (χ4n) is 2.71. The van der Waals surface area contributed by atoms with Crippen LogP contribution in [0.15, 0.2) is 24.3 Å². The Balaban J connectivity index is 0.00000264. The fourth-order valence-corrected chi connectivity index (χ4v) is 2.71. The lowest BCUT2D eigenvalue weighted by molar-refractivity contribution is -0.139. The summed E-state index contributed by atoms with van der Waals surface area (Å²) in [6.45, 7) is 4.89. The summed E-state index contributed by atoms with van der Waals surface area (Å²) < 4.78 is 18.9. The molecule has 1 aliphatic rings. The summed E-state index contributed by atoms with van der Waals surface area (Å²) in [6.07, 6.45) is 3.24. The van der Waals surface area contributed by atoms with E-state index in [1.54, 1.807) is 11.0 Å². The molecular weight excluding hydrogens is 319 g/mol. The van der Waals surface area contributed by atoms with Gasteiger partial charge in [-0.15, -0.1) is 12.4 Å². The van der Waals surface area contributed by atoms with Gasteiger partial charge < -0.3 is 15.0 Å². The van der Waals surface area contributed by atoms with E-state index in [4.69, 9.17) is 4.74 Å². The van der Waals surface area contributed by atoms with Crippen LogP contribution in [0.3, 0.4) is 0 Å². The van der Waals surface area contributed by atoms with Crippen LogP contribution in [0, 0.1) is 5.82 Å². The first-order valence-corrected chi connectivity index (χ1v) is 8.05. The first kappa shape index (κ1) is 19.9. The van der Waals surface area contributed by atoms with Crippen LogP contribution in [0.2, 0.25) is 0 Å². The predicted molar refractivity (Wildman–Crippen MR) is 91.3 cm³/mol. The van der Waals surface area contributed by atoms with Crippen molar-refractivity contribution in [2.24, 2.45) is 0 Å². The summed E-state index contributed by atoms with van der Waals surface area (Å²) in [4.78, 5) is 14.2. The lowest BCUT2D eigenvalue weighted by Gasteiger charge is -2.36. The van der Waals surface area contributed by atoms with E-state index in [-0.39, 0.29) is 36.8 Å². The Bertz CT molecular complexity index is 487. The molecule has 1 amide bonds. The Hall–Kier alpha value is -1.17. The molecule has 1 aromatic rings. The SMILES string of the molecule is CCCCCOCC(=O)N1CCNCC1c1cccc(F)c1.Cl. The summed E-state index contributed by atoms with van der Waals surface area (Å²) in [6, 6.07) is 6.34. The van der Waals surface area contributed by atoms with E-state index in [1.807, 2.05) is 6.07 Å². The molecule has 6 heteroatoms. The highest BCUT2D eigenvalue weighted by Gasteiger charge is 2.27. The van der Waals surface area contributed by atoms with Crippen LogP contribution >= 0.6 is 12.4 Å². The van der Waals surface area contributed by atoms with Crippen molar-refractivity contribution in [1.82, 2.24) is 10.2 Å². The minimum atomic E-state index is -0.272. The van der Waals surface area contributed by atoms with Crippen molar-refractivity contribution in [2.45, 2.75) is 32.2 Å². The van der Waals surface area contributed by atoms with Gasteiger partial charge in [-0.1, -0.05) is 31.9 Å². The van der Waals surface area contributed by atoms with Crippen LogP contribution in [-0.2, 0) is 9.53 Å². The molecular formula is C17H26ClFN2O2. The highest BCUT2D eigenvalue weighted by molar-refractivity contribution is 5.85. The van der Waals surface area contributed by atoms with Gasteiger partial charge in [0, 0.05) is 26.2 Å². The molecule has 4 nitrogen and oxygen atoms in total. The molecule has 0 aliphatic carbocycles. The van der Waals surface area contributed by atoms with E-state index in [9.17, 15) is 9.18 Å². The number of carbonyl (C=O) groups is 1. The van der Waals surface area contributed by atoms with Gasteiger partial charge >= 0.3 is 0 Å². The van der Waals surface area contributed by atoms with E-state index >= 15 is 0 Å². The van der Waals surface area contributed by atoms with Crippen molar-refractivity contribution in [3.8, 4) is 0 Å². The highest BCUT2D eigenvalue weighted by Crippen LogP contribution is 2.23. The van der Waals surface area contributed by atoms with Gasteiger partial charge in [-0.25, -0.2) is 4.39 Å². The lowest BCUT2D eigenvalue weighted by Crippen LogP contribution is -2.49. The Kier molecular flexibility index (Phi) is 9.14. The molecule has 2 rings (SSSR count). The van der Waals surface area contributed by atoms with Crippen molar-refractivity contribution in [2.75, 3.05) is 32.8 Å². The van der Waals surface area contributed by atoms with Gasteiger partial charge in [0.15, 0.2) is 0 Å². The second kappa shape index (κ2) is 10.6. The van der Waals surface area contributed by atoms with Crippen molar-refractivity contribution in [1.29, 1.82) is 0 Å². The molecule has 0 spiro atoms. The molecule has 1 saturated heterocycles. The van der Waals surface area contributed by atoms with Gasteiger partial charge in [0.25, 0.3) is 0 Å². The standard InChI is InChI=1S/C17H25FN2O2.ClH/c1-2-3-4-10-22-13-17(21)20-9-8-19-12-16(20)14-6-5-7-15(18)11-14;/h5-7,11,16,19H,2-4,8-10,12-13H2,1H3;1H. The minimum Gasteiger partial charge on any atom is -0.372 e. The van der Waals surface area contributed by atoms with Crippen LogP contribution in [0.25, 0.3) is 0 Å². The molecule has 0 aromatic heterocycles. The van der Waals surface area contributed by atoms with E-state index in [2.05, 4.69) is 12.2 Å². The zero-order valence-corrected chi connectivity index (χ0v) is 14.4. The number of halogens is 2. The number of benzene rings is 1. The molecule has 1 N–H and O–H groups in total. The van der Waals surface area contributed by atoms with Gasteiger partial charge in [0.1, 0.15) is 12.4 Å². The Labute approximate surface area is 143 Å². The summed E-state index contributed by atoms with van der Waals surface area (Å²) >= 11 is 0. The third-order valence-corrected chi connectivity index (χ3v) is 3.91. The molecule has 0 bridgehead atoms. The number of hydrogen-bond acceptors (Lipinski definition) is 3. The third kappa shape index (κ3) is 6.09. The molecule has 1 fully saturated rings. The van der Waals surface area contributed by atoms with E-state index in [0.717, 1.165) is 31.4 Å². The van der Waals surface area contributed by atoms with Crippen LogP contribution in [0.1, 0.15) is 37.8 Å². The summed E-state index contributed by atoms with van der Waals surface area (Å²) in [5.74, 6) is -0.293. The zero-order chi connectivity index (χ0) is 15.8. The van der Waals surface area contributed by atoms with Crippen molar-refractivity contribution in [3.05, 3.63) is 35.6 Å². The average molecular weight is 345 g/mol. The van der Waals surface area contributed by atoms with Crippen molar-refractivity contribution < 1.29 is 13.9 Å². The summed E-state index contributed by atoms with van der Waals surface area (Å²) in [5.41, 5.74) is 0.825. The number of nitrogens with zero attached hydrogens (tertiary/aromatic N) is 1. The van der Waals surface area contributed by atoms with E-state index in [1.165, 1.54) is 12.1 Å². The van der Waals surface area contributed by atoms with Crippen molar-refractivity contribution >= 4 is 18.3 Å². The predicted octanol–water partition coefficient (Wildman–Crippen LogP) is 2.93. The number of amides is 1. The maximum Gasteiger partial charge on any atom is 0.249 e. The molecule has 0 saturated carbocycles. The molecule has 130 valence electrons. The van der Waals surface area contributed by atoms with Crippen LogP contribution in [0.5, 0.6) is 0 Å². The van der Waals surface area contributed by atoms with Crippen LogP contribution in [-0.4, -0.2) is 43.7 Å². The van der Waals surface area contributed by atoms with Gasteiger partial charge in [-0.05, 0) is 24.1 Å². The Morgan fingerprint density at radius 3 is 3.00 bits per heavy atom. The first-order valence-electron chi connectivity index (χ1n) is 8.05. The molecule has 1 aromatic carbocycles. The summed E-state index contributed by atoms with van der Waals surface area (Å²) in [5, 5.41) is 3.26. The highest BCUT2D eigenvalue weighted by atomic mass is 35.5. The number of rotatable bonds is 7. The number of unbranched alkanes of at least 4 members (excludes halogenated alkanes) is 2. The maximum atomic E-state index is 13.4. The molecule has 1 atom stereocenters. The molecule has 1 unspecified atom stereocenters. The molecule has 0 radical (unpaired) electrons. The molecule has 1 heterocycles. The maximum absolute atomic E-state index is 13.4. The first-order chi connectivity index (χ1) is 10.7. The smallest absolute Gasteiger partial charge is 0.249 e. The topological polar surface area (TPSA) is 41.6 Å². The number of carbonyl (C=O) groups excluding carboxylic acids is 1. The van der Waals surface area contributed by atoms with Gasteiger partial charge in [0.05, 0.1) is 6.04 Å². The number of hydrogen-bond donors (Lipinski definition) is 1. The molecule has 1 aliphatic heterocycles. The van der Waals surface area contributed by atoms with E-state index in [0.29, 0.717) is 19.7 Å². The molecule has 23 heavy (non-hydrogen) atoms.